The van der Waals surface area contributed by atoms with Crippen LogP contribution in [0.5, 0.6) is 0 Å². The van der Waals surface area contributed by atoms with E-state index in [9.17, 15) is 22.8 Å². The molecule has 10 nitrogen and oxygen atoms in total. The van der Waals surface area contributed by atoms with Gasteiger partial charge in [0.05, 0.1) is 29.1 Å². The molecule has 1 aliphatic rings. The number of ether oxygens (including phenoxy) is 1. The summed E-state index contributed by atoms with van der Waals surface area (Å²) in [5.41, 5.74) is 0.613. The third kappa shape index (κ3) is 4.61. The van der Waals surface area contributed by atoms with Gasteiger partial charge in [0.25, 0.3) is 5.91 Å². The van der Waals surface area contributed by atoms with E-state index in [1.807, 2.05) is 0 Å². The molecule has 174 valence electrons. The largest absolute Gasteiger partial charge is 0.379 e. The molecule has 2 N–H and O–H groups in total. The summed E-state index contributed by atoms with van der Waals surface area (Å²) in [5, 5.41) is 2.78. The van der Waals surface area contributed by atoms with Crippen molar-refractivity contribution in [2.45, 2.75) is 24.9 Å². The molecule has 2 heterocycles. The molecule has 0 saturated carbocycles. The monoisotopic (exact) mass is 472 g/mol. The number of hydrogen-bond donors (Lipinski definition) is 2. The Morgan fingerprint density at radius 1 is 1.09 bits per heavy atom. The second kappa shape index (κ2) is 9.30. The van der Waals surface area contributed by atoms with Crippen molar-refractivity contribution < 1.29 is 17.9 Å². The summed E-state index contributed by atoms with van der Waals surface area (Å²) in [6.45, 7) is 3.70. The van der Waals surface area contributed by atoms with Crippen molar-refractivity contribution in [3.8, 4) is 0 Å². The van der Waals surface area contributed by atoms with Crippen LogP contribution in [-0.4, -0.2) is 54.5 Å². The summed E-state index contributed by atoms with van der Waals surface area (Å²) in [7, 11) is -3.57. The van der Waals surface area contributed by atoms with E-state index < -0.39 is 21.1 Å². The number of hydrogen-bond acceptors (Lipinski definition) is 6. The molecule has 1 aromatic heterocycles. The molecule has 1 aliphatic heterocycles. The fourth-order valence-electron chi connectivity index (χ4n) is 3.73. The summed E-state index contributed by atoms with van der Waals surface area (Å²) in [4.78, 5) is 39.1. The van der Waals surface area contributed by atoms with Crippen molar-refractivity contribution in [2.75, 3.05) is 26.3 Å². The second-order valence-electron chi connectivity index (χ2n) is 7.58. The number of sulfonamides is 1. The highest BCUT2D eigenvalue weighted by atomic mass is 32.2. The van der Waals surface area contributed by atoms with E-state index in [0.717, 1.165) is 5.56 Å². The van der Waals surface area contributed by atoms with Gasteiger partial charge in [0.1, 0.15) is 0 Å². The molecule has 0 atom stereocenters. The number of carbonyl (C=O) groups excluding carboxylic acids is 1. The first-order valence-corrected chi connectivity index (χ1v) is 12.0. The number of aromatic nitrogens is 2. The van der Waals surface area contributed by atoms with Crippen molar-refractivity contribution in [3.63, 3.8) is 0 Å². The van der Waals surface area contributed by atoms with Gasteiger partial charge in [-0.15, -0.1) is 0 Å². The SMILES string of the molecule is CCn1c(=O)c(=O)[nH]c2cc(C(=O)NCc3ccc(S(=O)(=O)N4CCOCC4)cc3)ccc21. The molecule has 0 aliphatic carbocycles. The lowest BCUT2D eigenvalue weighted by Crippen LogP contribution is -2.40. The van der Waals surface area contributed by atoms with E-state index >= 15 is 0 Å². The Kier molecular flexibility index (Phi) is 6.45. The maximum atomic E-state index is 12.7. The molecular formula is C22H24N4O6S. The summed E-state index contributed by atoms with van der Waals surface area (Å²) in [5.74, 6) is -0.364. The van der Waals surface area contributed by atoms with Crippen molar-refractivity contribution >= 4 is 27.0 Å². The Morgan fingerprint density at radius 3 is 2.45 bits per heavy atom. The van der Waals surface area contributed by atoms with Crippen LogP contribution < -0.4 is 16.4 Å². The Balaban J connectivity index is 1.46. The number of H-pyrrole nitrogens is 1. The first-order chi connectivity index (χ1) is 15.8. The fraction of sp³-hybridized carbons (Fsp3) is 0.318. The second-order valence-corrected chi connectivity index (χ2v) is 9.52. The van der Waals surface area contributed by atoms with Gasteiger partial charge in [-0.3, -0.25) is 14.4 Å². The molecule has 0 radical (unpaired) electrons. The van der Waals surface area contributed by atoms with Crippen LogP contribution >= 0.6 is 0 Å². The average molecular weight is 473 g/mol. The van der Waals surface area contributed by atoms with Crippen molar-refractivity contribution in [2.24, 2.45) is 0 Å². The highest BCUT2D eigenvalue weighted by Gasteiger charge is 2.26. The molecular weight excluding hydrogens is 448 g/mol. The lowest BCUT2D eigenvalue weighted by molar-refractivity contribution is 0.0730. The topological polar surface area (TPSA) is 131 Å². The number of nitrogens with zero attached hydrogens (tertiary/aromatic N) is 2. The van der Waals surface area contributed by atoms with E-state index in [4.69, 9.17) is 4.74 Å². The molecule has 1 fully saturated rings. The number of morpholine rings is 1. The van der Waals surface area contributed by atoms with Gasteiger partial charge in [0.2, 0.25) is 10.0 Å². The van der Waals surface area contributed by atoms with Crippen LogP contribution in [0.15, 0.2) is 56.9 Å². The molecule has 1 saturated heterocycles. The molecule has 0 spiro atoms. The predicted octanol–water partition coefficient (Wildman–Crippen LogP) is 0.661. The molecule has 33 heavy (non-hydrogen) atoms. The maximum absolute atomic E-state index is 12.7. The lowest BCUT2D eigenvalue weighted by Gasteiger charge is -2.26. The number of nitrogens with one attached hydrogen (secondary N) is 2. The lowest BCUT2D eigenvalue weighted by atomic mass is 10.1. The third-order valence-corrected chi connectivity index (χ3v) is 7.45. The van der Waals surface area contributed by atoms with Crippen molar-refractivity contribution in [1.29, 1.82) is 0 Å². The van der Waals surface area contributed by atoms with Crippen molar-refractivity contribution in [1.82, 2.24) is 19.2 Å². The summed E-state index contributed by atoms with van der Waals surface area (Å²) >= 11 is 0. The van der Waals surface area contributed by atoms with Crippen LogP contribution in [0.1, 0.15) is 22.8 Å². The van der Waals surface area contributed by atoms with Crippen molar-refractivity contribution in [3.05, 3.63) is 74.3 Å². The number of aromatic amines is 1. The van der Waals surface area contributed by atoms with Gasteiger partial charge in [-0.1, -0.05) is 12.1 Å². The summed E-state index contributed by atoms with van der Waals surface area (Å²) < 4.78 is 33.4. The van der Waals surface area contributed by atoms with Crippen LogP contribution in [-0.2, 0) is 27.8 Å². The molecule has 2 aromatic carbocycles. The van der Waals surface area contributed by atoms with Gasteiger partial charge in [0, 0.05) is 31.7 Å². The van der Waals surface area contributed by atoms with Gasteiger partial charge < -0.3 is 19.6 Å². The van der Waals surface area contributed by atoms with Crippen LogP contribution in [0.3, 0.4) is 0 Å². The van der Waals surface area contributed by atoms with Crippen LogP contribution in [0.4, 0.5) is 0 Å². The van der Waals surface area contributed by atoms with Gasteiger partial charge in [-0.05, 0) is 42.8 Å². The zero-order valence-corrected chi connectivity index (χ0v) is 18.9. The Hall–Kier alpha value is -3.28. The number of benzene rings is 2. The van der Waals surface area contributed by atoms with E-state index in [1.54, 1.807) is 31.2 Å². The Labute approximate surface area is 189 Å². The van der Waals surface area contributed by atoms with Gasteiger partial charge in [-0.2, -0.15) is 4.31 Å². The van der Waals surface area contributed by atoms with Gasteiger partial charge in [-0.25, -0.2) is 8.42 Å². The number of amides is 1. The molecule has 4 rings (SSSR count). The molecule has 0 bridgehead atoms. The highest BCUT2D eigenvalue weighted by Crippen LogP contribution is 2.18. The van der Waals surface area contributed by atoms with Crippen LogP contribution in [0.2, 0.25) is 0 Å². The highest BCUT2D eigenvalue weighted by molar-refractivity contribution is 7.89. The smallest absolute Gasteiger partial charge is 0.316 e. The third-order valence-electron chi connectivity index (χ3n) is 5.54. The number of rotatable bonds is 6. The predicted molar refractivity (Wildman–Crippen MR) is 122 cm³/mol. The normalized spacial score (nSPS) is 14.9. The quantitative estimate of drug-likeness (QED) is 0.507. The molecule has 3 aromatic rings. The van der Waals surface area contributed by atoms with E-state index in [1.165, 1.54) is 27.1 Å². The van der Waals surface area contributed by atoms with Crippen LogP contribution in [0, 0.1) is 0 Å². The minimum absolute atomic E-state index is 0.194. The Bertz CT molecular complexity index is 1400. The minimum atomic E-state index is -3.57. The summed E-state index contributed by atoms with van der Waals surface area (Å²) in [6.07, 6.45) is 0. The zero-order valence-electron chi connectivity index (χ0n) is 18.0. The van der Waals surface area contributed by atoms with E-state index in [0.29, 0.717) is 49.4 Å². The maximum Gasteiger partial charge on any atom is 0.316 e. The number of carbonyl (C=O) groups is 1. The fourth-order valence-corrected chi connectivity index (χ4v) is 5.14. The first-order valence-electron chi connectivity index (χ1n) is 10.5. The molecule has 0 unspecified atom stereocenters. The minimum Gasteiger partial charge on any atom is -0.379 e. The number of aryl methyl sites for hydroxylation is 1. The Morgan fingerprint density at radius 2 is 1.79 bits per heavy atom. The molecule has 1 amide bonds. The van der Waals surface area contributed by atoms with Crippen LogP contribution in [0.25, 0.3) is 11.0 Å². The standard InChI is InChI=1S/C22H24N4O6S/c1-2-26-19-8-5-16(13-18(19)24-21(28)22(26)29)20(27)23-14-15-3-6-17(7-4-15)33(30,31)25-9-11-32-12-10-25/h3-8,13H,2,9-12,14H2,1H3,(H,23,27)(H,24,28). The van der Waals surface area contributed by atoms with E-state index in [-0.39, 0.29) is 17.3 Å². The average Bonchev–Trinajstić information content (AvgIpc) is 2.84. The summed E-state index contributed by atoms with van der Waals surface area (Å²) in [6, 6.07) is 11.1. The zero-order chi connectivity index (χ0) is 23.6. The number of fused-ring (bicyclic) bond motifs is 1. The molecule has 11 heteroatoms. The first kappa shape index (κ1) is 22.9. The van der Waals surface area contributed by atoms with Gasteiger partial charge >= 0.3 is 11.1 Å². The van der Waals surface area contributed by atoms with E-state index in [2.05, 4.69) is 10.3 Å². The van der Waals surface area contributed by atoms with Gasteiger partial charge in [0.15, 0.2) is 0 Å².